The van der Waals surface area contributed by atoms with Crippen LogP contribution in [0.2, 0.25) is 0 Å². The molecule has 0 aromatic heterocycles. The van der Waals surface area contributed by atoms with Crippen LogP contribution in [0.25, 0.3) is 0 Å². The molecule has 1 aliphatic heterocycles. The van der Waals surface area contributed by atoms with E-state index in [1.807, 2.05) is 18.2 Å². The fourth-order valence-corrected chi connectivity index (χ4v) is 2.27. The second-order valence-electron chi connectivity index (χ2n) is 3.85. The van der Waals surface area contributed by atoms with Gasteiger partial charge in [0.1, 0.15) is 6.04 Å². The minimum absolute atomic E-state index is 0.0947. The minimum atomic E-state index is -0.409. The van der Waals surface area contributed by atoms with Crippen LogP contribution in [-0.2, 0) is 9.59 Å². The quantitative estimate of drug-likeness (QED) is 0.727. The van der Waals surface area contributed by atoms with Gasteiger partial charge in [-0.3, -0.25) is 14.9 Å². The third kappa shape index (κ3) is 3.30. The molecule has 0 aliphatic carbocycles. The smallest absolute Gasteiger partial charge is 0.243 e. The molecule has 1 fully saturated rings. The number of halogens is 2. The van der Waals surface area contributed by atoms with E-state index in [2.05, 4.69) is 47.8 Å². The van der Waals surface area contributed by atoms with Gasteiger partial charge in [0.2, 0.25) is 11.8 Å². The van der Waals surface area contributed by atoms with Gasteiger partial charge in [0.05, 0.1) is 12.2 Å². The van der Waals surface area contributed by atoms with Gasteiger partial charge in [-0.25, -0.2) is 0 Å². The topological polar surface area (TPSA) is 70.2 Å². The van der Waals surface area contributed by atoms with Crippen LogP contribution < -0.4 is 16.0 Å². The van der Waals surface area contributed by atoms with Crippen molar-refractivity contribution < 1.29 is 9.59 Å². The maximum absolute atomic E-state index is 12.0. The number of amides is 2. The average molecular weight is 377 g/mol. The van der Waals surface area contributed by atoms with Crippen molar-refractivity contribution in [2.45, 2.75) is 6.04 Å². The van der Waals surface area contributed by atoms with Crippen molar-refractivity contribution in [3.8, 4) is 0 Å². The molecule has 2 rings (SSSR count). The number of rotatable bonds is 2. The molecule has 1 aliphatic rings. The Hall–Kier alpha value is -0.920. The zero-order chi connectivity index (χ0) is 13.1. The maximum atomic E-state index is 12.0. The summed E-state index contributed by atoms with van der Waals surface area (Å²) in [4.78, 5) is 22.9. The van der Waals surface area contributed by atoms with Crippen molar-refractivity contribution in [1.82, 2.24) is 10.6 Å². The van der Waals surface area contributed by atoms with Gasteiger partial charge in [0.25, 0.3) is 0 Å². The summed E-state index contributed by atoms with van der Waals surface area (Å²) in [7, 11) is 0. The summed E-state index contributed by atoms with van der Waals surface area (Å²) in [6, 6.07) is 5.12. The van der Waals surface area contributed by atoms with Crippen LogP contribution in [-0.4, -0.2) is 30.9 Å². The number of carbonyl (C=O) groups is 2. The van der Waals surface area contributed by atoms with Crippen LogP contribution in [0.3, 0.4) is 0 Å². The SMILES string of the molecule is O=C1CNC(C(=O)Nc2cc(Br)ccc2Br)CN1. The lowest BCUT2D eigenvalue weighted by atomic mass is 10.2. The van der Waals surface area contributed by atoms with Crippen molar-refractivity contribution >= 4 is 49.4 Å². The van der Waals surface area contributed by atoms with Gasteiger partial charge in [-0.15, -0.1) is 0 Å². The second-order valence-corrected chi connectivity index (χ2v) is 5.62. The molecule has 3 N–H and O–H groups in total. The monoisotopic (exact) mass is 375 g/mol. The number of hydrogen-bond acceptors (Lipinski definition) is 3. The number of hydrogen-bond donors (Lipinski definition) is 3. The van der Waals surface area contributed by atoms with Gasteiger partial charge in [0, 0.05) is 15.5 Å². The van der Waals surface area contributed by atoms with Gasteiger partial charge in [-0.1, -0.05) is 15.9 Å². The summed E-state index contributed by atoms with van der Waals surface area (Å²) in [6.45, 7) is 0.466. The van der Waals surface area contributed by atoms with Crippen LogP contribution in [0.5, 0.6) is 0 Å². The lowest BCUT2D eigenvalue weighted by Gasteiger charge is -2.23. The molecule has 1 saturated heterocycles. The fourth-order valence-electron chi connectivity index (χ4n) is 1.56. The van der Waals surface area contributed by atoms with Crippen molar-refractivity contribution in [2.24, 2.45) is 0 Å². The number of piperazine rings is 1. The molecule has 2 amide bonds. The number of carbonyl (C=O) groups excluding carboxylic acids is 2. The molecule has 1 aromatic rings. The van der Waals surface area contributed by atoms with Gasteiger partial charge < -0.3 is 10.6 Å². The van der Waals surface area contributed by atoms with Crippen molar-refractivity contribution in [1.29, 1.82) is 0 Å². The molecular weight excluding hydrogens is 366 g/mol. The Morgan fingerprint density at radius 2 is 2.17 bits per heavy atom. The first-order chi connectivity index (χ1) is 8.56. The second kappa shape index (κ2) is 5.81. The lowest BCUT2D eigenvalue weighted by molar-refractivity contribution is -0.124. The Balaban J connectivity index is 2.02. The first-order valence-corrected chi connectivity index (χ1v) is 6.91. The molecule has 5 nitrogen and oxygen atoms in total. The van der Waals surface area contributed by atoms with E-state index in [1.165, 1.54) is 0 Å². The Kier molecular flexibility index (Phi) is 4.36. The van der Waals surface area contributed by atoms with E-state index in [1.54, 1.807) is 0 Å². The predicted octanol–water partition coefficient (Wildman–Crippen LogP) is 1.24. The molecule has 0 saturated carbocycles. The highest BCUT2D eigenvalue weighted by molar-refractivity contribution is 9.11. The lowest BCUT2D eigenvalue weighted by Crippen LogP contribution is -2.56. The van der Waals surface area contributed by atoms with Crippen molar-refractivity contribution in [3.05, 3.63) is 27.1 Å². The predicted molar refractivity (Wildman–Crippen MR) is 75.3 cm³/mol. The zero-order valence-corrected chi connectivity index (χ0v) is 12.5. The van der Waals surface area contributed by atoms with Crippen molar-refractivity contribution in [2.75, 3.05) is 18.4 Å². The fraction of sp³-hybridized carbons (Fsp3) is 0.273. The van der Waals surface area contributed by atoms with E-state index in [0.717, 1.165) is 8.95 Å². The van der Waals surface area contributed by atoms with Gasteiger partial charge in [0.15, 0.2) is 0 Å². The maximum Gasteiger partial charge on any atom is 0.243 e. The van der Waals surface area contributed by atoms with Gasteiger partial charge in [-0.2, -0.15) is 0 Å². The average Bonchev–Trinajstić information content (AvgIpc) is 2.34. The standard InChI is InChI=1S/C11H11Br2N3O2/c12-6-1-2-7(13)8(3-6)16-11(18)9-4-15-10(17)5-14-9/h1-3,9,14H,4-5H2,(H,15,17)(H,16,18). The number of nitrogens with one attached hydrogen (secondary N) is 3. The van der Waals surface area contributed by atoms with Crippen LogP contribution in [0.15, 0.2) is 27.1 Å². The summed E-state index contributed by atoms with van der Waals surface area (Å²) >= 11 is 6.71. The van der Waals surface area contributed by atoms with E-state index in [4.69, 9.17) is 0 Å². The van der Waals surface area contributed by atoms with Crippen LogP contribution in [0.4, 0.5) is 5.69 Å². The van der Waals surface area contributed by atoms with Crippen LogP contribution in [0.1, 0.15) is 0 Å². The highest BCUT2D eigenvalue weighted by atomic mass is 79.9. The van der Waals surface area contributed by atoms with E-state index >= 15 is 0 Å². The molecule has 7 heteroatoms. The van der Waals surface area contributed by atoms with E-state index in [9.17, 15) is 9.59 Å². The zero-order valence-electron chi connectivity index (χ0n) is 9.30. The van der Waals surface area contributed by atoms with Crippen LogP contribution >= 0.6 is 31.9 Å². The summed E-state index contributed by atoms with van der Waals surface area (Å²) in [5.41, 5.74) is 0.688. The molecular formula is C11H11Br2N3O2. The largest absolute Gasteiger partial charge is 0.353 e. The Bertz CT molecular complexity index is 483. The Morgan fingerprint density at radius 3 is 2.83 bits per heavy atom. The molecule has 0 spiro atoms. The van der Waals surface area contributed by atoms with Crippen LogP contribution in [0, 0.1) is 0 Å². The summed E-state index contributed by atoms with van der Waals surface area (Å²) in [5, 5.41) is 8.32. The Labute approximate surface area is 121 Å². The number of anilines is 1. The molecule has 1 unspecified atom stereocenters. The van der Waals surface area contributed by atoms with E-state index in [-0.39, 0.29) is 18.4 Å². The van der Waals surface area contributed by atoms with Gasteiger partial charge >= 0.3 is 0 Å². The Morgan fingerprint density at radius 1 is 1.39 bits per heavy atom. The molecule has 1 atom stereocenters. The van der Waals surface area contributed by atoms with E-state index < -0.39 is 6.04 Å². The molecule has 96 valence electrons. The molecule has 1 heterocycles. The summed E-state index contributed by atoms with van der Waals surface area (Å²) in [6.07, 6.45) is 0. The summed E-state index contributed by atoms with van der Waals surface area (Å²) < 4.78 is 1.69. The third-order valence-corrected chi connectivity index (χ3v) is 3.70. The first-order valence-electron chi connectivity index (χ1n) is 5.32. The molecule has 18 heavy (non-hydrogen) atoms. The third-order valence-electron chi connectivity index (χ3n) is 2.52. The van der Waals surface area contributed by atoms with E-state index in [0.29, 0.717) is 12.2 Å². The number of benzene rings is 1. The van der Waals surface area contributed by atoms with Crippen molar-refractivity contribution in [3.63, 3.8) is 0 Å². The normalized spacial score (nSPS) is 19.2. The molecule has 0 bridgehead atoms. The summed E-state index contributed by atoms with van der Waals surface area (Å²) in [5.74, 6) is -0.267. The minimum Gasteiger partial charge on any atom is -0.353 e. The first kappa shape index (κ1) is 13.5. The molecule has 0 radical (unpaired) electrons. The molecule has 1 aromatic carbocycles. The highest BCUT2D eigenvalue weighted by Gasteiger charge is 2.24. The van der Waals surface area contributed by atoms with Gasteiger partial charge in [-0.05, 0) is 34.1 Å². The highest BCUT2D eigenvalue weighted by Crippen LogP contribution is 2.26.